The van der Waals surface area contributed by atoms with Gasteiger partial charge in [0.15, 0.2) is 0 Å². The molecule has 0 saturated carbocycles. The first-order valence-corrected chi connectivity index (χ1v) is 8.57. The van der Waals surface area contributed by atoms with E-state index in [1.165, 1.54) is 4.88 Å². The van der Waals surface area contributed by atoms with Crippen LogP contribution in [0.15, 0.2) is 15.9 Å². The molecule has 21 heavy (non-hydrogen) atoms. The van der Waals surface area contributed by atoms with Crippen LogP contribution in [0.3, 0.4) is 0 Å². The molecule has 0 aliphatic heterocycles. The number of halogens is 1. The summed E-state index contributed by atoms with van der Waals surface area (Å²) in [5, 5.41) is 2.83. The fraction of sp³-hybridized carbons (Fsp3) is 0.643. The maximum absolute atomic E-state index is 11.9. The molecule has 0 aliphatic carbocycles. The number of carbonyl (C=O) groups excluding carboxylic acids is 1. The lowest BCUT2D eigenvalue weighted by atomic mass is 10.0. The van der Waals surface area contributed by atoms with E-state index in [1.54, 1.807) is 18.4 Å². The fourth-order valence-electron chi connectivity index (χ4n) is 2.14. The van der Waals surface area contributed by atoms with Crippen LogP contribution in [0.4, 0.5) is 0 Å². The lowest BCUT2D eigenvalue weighted by Gasteiger charge is -2.31. The Morgan fingerprint density at radius 3 is 2.81 bits per heavy atom. The first kappa shape index (κ1) is 18.6. The maximum atomic E-state index is 11.9. The number of nitrogens with one attached hydrogen (secondary N) is 1. The number of thiophene rings is 1. The molecule has 5 nitrogen and oxygen atoms in total. The van der Waals surface area contributed by atoms with Gasteiger partial charge in [-0.1, -0.05) is 6.92 Å². The van der Waals surface area contributed by atoms with E-state index in [9.17, 15) is 4.79 Å². The minimum Gasteiger partial charge on any atom is -0.383 e. The highest BCUT2D eigenvalue weighted by Gasteiger charge is 2.25. The second-order valence-corrected chi connectivity index (χ2v) is 7.41. The van der Waals surface area contributed by atoms with Gasteiger partial charge in [0.05, 0.1) is 23.0 Å². The molecule has 1 amide bonds. The van der Waals surface area contributed by atoms with Gasteiger partial charge in [0.1, 0.15) is 0 Å². The molecule has 3 N–H and O–H groups in total. The van der Waals surface area contributed by atoms with Gasteiger partial charge in [-0.15, -0.1) is 11.3 Å². The minimum absolute atomic E-state index is 0.00711. The largest absolute Gasteiger partial charge is 0.383 e. The highest BCUT2D eigenvalue weighted by Crippen LogP contribution is 2.32. The van der Waals surface area contributed by atoms with E-state index >= 15 is 0 Å². The molecule has 0 saturated heterocycles. The number of methoxy groups -OCH3 is 1. The van der Waals surface area contributed by atoms with Gasteiger partial charge in [-0.3, -0.25) is 9.69 Å². The molecular formula is C14H24BrN3O2S. The van der Waals surface area contributed by atoms with Crippen LogP contribution in [0.5, 0.6) is 0 Å². The molecule has 1 rings (SSSR count). The average Bonchev–Trinajstić information content (AvgIpc) is 2.85. The molecule has 120 valence electrons. The summed E-state index contributed by atoms with van der Waals surface area (Å²) in [6, 6.07) is 4.11. The third kappa shape index (κ3) is 6.04. The van der Waals surface area contributed by atoms with Crippen molar-refractivity contribution in [3.05, 3.63) is 20.8 Å². The number of rotatable bonds is 9. The Hall–Kier alpha value is -0.470. The first-order valence-electron chi connectivity index (χ1n) is 6.96. The predicted molar refractivity (Wildman–Crippen MR) is 90.5 cm³/mol. The van der Waals surface area contributed by atoms with Gasteiger partial charge in [0, 0.05) is 24.6 Å². The fourth-order valence-corrected chi connectivity index (χ4v) is 3.80. The molecule has 2 unspecified atom stereocenters. The lowest BCUT2D eigenvalue weighted by molar-refractivity contribution is -0.122. The Kier molecular flexibility index (Phi) is 8.43. The highest BCUT2D eigenvalue weighted by atomic mass is 79.9. The Morgan fingerprint density at radius 1 is 1.57 bits per heavy atom. The minimum atomic E-state index is -0.0153. The van der Waals surface area contributed by atoms with Gasteiger partial charge in [0.2, 0.25) is 5.91 Å². The Balaban J connectivity index is 2.68. The van der Waals surface area contributed by atoms with Crippen molar-refractivity contribution >= 4 is 33.2 Å². The van der Waals surface area contributed by atoms with E-state index in [1.807, 2.05) is 18.0 Å². The maximum Gasteiger partial charge on any atom is 0.234 e. The van der Waals surface area contributed by atoms with E-state index < -0.39 is 0 Å². The number of amides is 1. The standard InChI is InChI=1S/C14H24BrN3O2S/c1-4-10(16)14(11-5-6-12(15)21-11)18(2)9-13(19)17-7-8-20-3/h5-6,10,14H,4,7-9,16H2,1-3H3,(H,17,19). The highest BCUT2D eigenvalue weighted by molar-refractivity contribution is 9.11. The van der Waals surface area contributed by atoms with Crippen LogP contribution in [0.1, 0.15) is 24.3 Å². The van der Waals surface area contributed by atoms with Crippen molar-refractivity contribution in [2.45, 2.75) is 25.4 Å². The Bertz CT molecular complexity index is 442. The van der Waals surface area contributed by atoms with E-state index in [-0.39, 0.29) is 18.0 Å². The molecule has 0 fully saturated rings. The number of hydrogen-bond acceptors (Lipinski definition) is 5. The molecule has 0 spiro atoms. The van der Waals surface area contributed by atoms with Crippen molar-refractivity contribution in [1.29, 1.82) is 0 Å². The summed E-state index contributed by atoms with van der Waals surface area (Å²) in [4.78, 5) is 15.1. The van der Waals surface area contributed by atoms with Crippen molar-refractivity contribution in [2.75, 3.05) is 33.9 Å². The summed E-state index contributed by atoms with van der Waals surface area (Å²) in [6.07, 6.45) is 0.857. The molecule has 0 radical (unpaired) electrons. The van der Waals surface area contributed by atoms with Crippen LogP contribution < -0.4 is 11.1 Å². The number of carbonyl (C=O) groups is 1. The lowest BCUT2D eigenvalue weighted by Crippen LogP contribution is -2.43. The van der Waals surface area contributed by atoms with Crippen LogP contribution in [0.2, 0.25) is 0 Å². The van der Waals surface area contributed by atoms with Crippen molar-refractivity contribution in [3.8, 4) is 0 Å². The van der Waals surface area contributed by atoms with Gasteiger partial charge in [-0.2, -0.15) is 0 Å². The van der Waals surface area contributed by atoms with Gasteiger partial charge < -0.3 is 15.8 Å². The zero-order chi connectivity index (χ0) is 15.8. The van der Waals surface area contributed by atoms with E-state index in [0.717, 1.165) is 10.2 Å². The van der Waals surface area contributed by atoms with Crippen molar-refractivity contribution in [2.24, 2.45) is 5.73 Å². The molecule has 0 aliphatic rings. The molecule has 1 heterocycles. The molecule has 7 heteroatoms. The predicted octanol–water partition coefficient (Wildman–Crippen LogP) is 1.98. The van der Waals surface area contributed by atoms with Crippen molar-refractivity contribution in [1.82, 2.24) is 10.2 Å². The smallest absolute Gasteiger partial charge is 0.234 e. The first-order chi connectivity index (χ1) is 9.99. The van der Waals surface area contributed by atoms with Crippen molar-refractivity contribution in [3.63, 3.8) is 0 Å². The second kappa shape index (κ2) is 9.53. The zero-order valence-corrected chi connectivity index (χ0v) is 15.2. The average molecular weight is 378 g/mol. The summed E-state index contributed by atoms with van der Waals surface area (Å²) in [5.41, 5.74) is 6.25. The Labute approximate surface area is 139 Å². The number of nitrogens with two attached hydrogens (primary N) is 1. The molecular weight excluding hydrogens is 354 g/mol. The molecule has 2 atom stereocenters. The topological polar surface area (TPSA) is 67.6 Å². The van der Waals surface area contributed by atoms with Crippen LogP contribution in [-0.2, 0) is 9.53 Å². The molecule has 1 aromatic rings. The van der Waals surface area contributed by atoms with Crippen LogP contribution in [-0.4, -0.2) is 50.7 Å². The number of ether oxygens (including phenoxy) is 1. The number of hydrogen-bond donors (Lipinski definition) is 2. The van der Waals surface area contributed by atoms with Gasteiger partial charge in [-0.05, 0) is 41.5 Å². The third-order valence-corrected chi connectivity index (χ3v) is 4.95. The summed E-state index contributed by atoms with van der Waals surface area (Å²) in [5.74, 6) is -0.0153. The normalized spacial score (nSPS) is 14.2. The van der Waals surface area contributed by atoms with E-state index in [0.29, 0.717) is 19.7 Å². The monoisotopic (exact) mass is 377 g/mol. The summed E-state index contributed by atoms with van der Waals surface area (Å²) >= 11 is 5.14. The Morgan fingerprint density at radius 2 is 2.29 bits per heavy atom. The van der Waals surface area contributed by atoms with Crippen LogP contribution >= 0.6 is 27.3 Å². The molecule has 0 bridgehead atoms. The van der Waals surface area contributed by atoms with E-state index in [2.05, 4.69) is 34.2 Å². The molecule has 1 aromatic heterocycles. The van der Waals surface area contributed by atoms with Gasteiger partial charge in [-0.25, -0.2) is 0 Å². The third-order valence-electron chi connectivity index (χ3n) is 3.26. The SMILES string of the molecule is CCC(N)C(c1ccc(Br)s1)N(C)CC(=O)NCCOC. The number of nitrogens with zero attached hydrogens (tertiary/aromatic N) is 1. The summed E-state index contributed by atoms with van der Waals surface area (Å²) in [7, 11) is 3.55. The number of likely N-dealkylation sites (N-methyl/N-ethyl adjacent to an activating group) is 1. The quantitative estimate of drug-likeness (QED) is 0.645. The molecule has 0 aromatic carbocycles. The van der Waals surface area contributed by atoms with Crippen LogP contribution in [0, 0.1) is 0 Å². The second-order valence-electron chi connectivity index (χ2n) is 4.92. The van der Waals surface area contributed by atoms with Crippen LogP contribution in [0.25, 0.3) is 0 Å². The van der Waals surface area contributed by atoms with Gasteiger partial charge >= 0.3 is 0 Å². The summed E-state index contributed by atoms with van der Waals surface area (Å²) < 4.78 is 5.99. The zero-order valence-electron chi connectivity index (χ0n) is 12.8. The van der Waals surface area contributed by atoms with E-state index in [4.69, 9.17) is 10.5 Å². The van der Waals surface area contributed by atoms with Gasteiger partial charge in [0.25, 0.3) is 0 Å². The summed E-state index contributed by atoms with van der Waals surface area (Å²) in [6.45, 7) is 3.42. The van der Waals surface area contributed by atoms with Crippen molar-refractivity contribution < 1.29 is 9.53 Å².